The second-order valence-electron chi connectivity index (χ2n) is 5.16. The van der Waals surface area contributed by atoms with Crippen molar-refractivity contribution in [2.24, 2.45) is 7.05 Å². The fraction of sp³-hybridized carbons (Fsp3) is 0.267. The molecule has 0 spiro atoms. The molecule has 0 fully saturated rings. The molecule has 0 aliphatic heterocycles. The molecule has 2 heterocycles. The third kappa shape index (κ3) is 2.71. The summed E-state index contributed by atoms with van der Waals surface area (Å²) in [5.41, 5.74) is 3.86. The summed E-state index contributed by atoms with van der Waals surface area (Å²) in [7, 11) is 1.85. The van der Waals surface area contributed by atoms with Crippen LogP contribution < -0.4 is 5.32 Å². The third-order valence-corrected chi connectivity index (χ3v) is 3.47. The van der Waals surface area contributed by atoms with Crippen LogP contribution in [-0.4, -0.2) is 30.8 Å². The zero-order valence-electron chi connectivity index (χ0n) is 12.4. The Kier molecular flexibility index (Phi) is 3.64. The van der Waals surface area contributed by atoms with Crippen LogP contribution in [0.25, 0.3) is 11.0 Å². The van der Waals surface area contributed by atoms with E-state index >= 15 is 0 Å². The van der Waals surface area contributed by atoms with E-state index in [1.165, 1.54) is 0 Å². The number of aliphatic hydroxyl groups excluding tert-OH is 1. The summed E-state index contributed by atoms with van der Waals surface area (Å²) >= 11 is 0. The number of carbonyl (C=O) groups excluding carboxylic acids is 1. The molecule has 1 aromatic carbocycles. The largest absolute Gasteiger partial charge is 0.388 e. The average molecular weight is 299 g/mol. The standard InChI is InChI=1S/C15H17N5O2/c1-9-5-11(20(2)19-9)7-16-15(22)10-3-4-12-13(6-10)18-14(8-21)17-12/h3-6,21H,7-8H2,1-2H3,(H,16,22)(H,17,18). The number of nitrogens with zero attached hydrogens (tertiary/aromatic N) is 3. The highest BCUT2D eigenvalue weighted by atomic mass is 16.3. The first-order valence-electron chi connectivity index (χ1n) is 6.94. The maximum atomic E-state index is 12.2. The van der Waals surface area contributed by atoms with Crippen molar-refractivity contribution in [3.63, 3.8) is 0 Å². The molecule has 114 valence electrons. The maximum absolute atomic E-state index is 12.2. The van der Waals surface area contributed by atoms with Gasteiger partial charge in [-0.2, -0.15) is 5.10 Å². The van der Waals surface area contributed by atoms with Crippen LogP contribution in [0.1, 0.15) is 27.6 Å². The molecule has 0 unspecified atom stereocenters. The Morgan fingerprint density at radius 3 is 2.91 bits per heavy atom. The molecule has 7 nitrogen and oxygen atoms in total. The molecule has 0 bridgehead atoms. The summed E-state index contributed by atoms with van der Waals surface area (Å²) < 4.78 is 1.75. The number of aryl methyl sites for hydroxylation is 2. The van der Waals surface area contributed by atoms with Crippen LogP contribution in [0, 0.1) is 6.92 Å². The Morgan fingerprint density at radius 2 is 2.23 bits per heavy atom. The minimum Gasteiger partial charge on any atom is -0.388 e. The number of hydrogen-bond acceptors (Lipinski definition) is 4. The van der Waals surface area contributed by atoms with E-state index < -0.39 is 0 Å². The van der Waals surface area contributed by atoms with Crippen LogP contribution in [0.3, 0.4) is 0 Å². The molecule has 22 heavy (non-hydrogen) atoms. The lowest BCUT2D eigenvalue weighted by atomic mass is 10.2. The number of hydrogen-bond donors (Lipinski definition) is 3. The van der Waals surface area contributed by atoms with Crippen LogP contribution in [-0.2, 0) is 20.2 Å². The molecule has 3 aromatic rings. The van der Waals surface area contributed by atoms with Crippen molar-refractivity contribution in [3.8, 4) is 0 Å². The van der Waals surface area contributed by atoms with Gasteiger partial charge in [-0.15, -0.1) is 0 Å². The predicted molar refractivity (Wildman–Crippen MR) is 81.1 cm³/mol. The van der Waals surface area contributed by atoms with Gasteiger partial charge in [0.05, 0.1) is 29.0 Å². The van der Waals surface area contributed by atoms with E-state index in [-0.39, 0.29) is 12.5 Å². The van der Waals surface area contributed by atoms with Gasteiger partial charge in [-0.3, -0.25) is 9.48 Å². The van der Waals surface area contributed by atoms with Crippen molar-refractivity contribution in [1.29, 1.82) is 0 Å². The zero-order valence-corrected chi connectivity index (χ0v) is 12.4. The molecule has 3 rings (SSSR count). The molecule has 0 saturated heterocycles. The molecular formula is C15H17N5O2. The first kappa shape index (κ1) is 14.3. The zero-order chi connectivity index (χ0) is 15.7. The van der Waals surface area contributed by atoms with Crippen molar-refractivity contribution in [3.05, 3.63) is 47.0 Å². The Balaban J connectivity index is 1.75. The molecule has 0 aliphatic carbocycles. The highest BCUT2D eigenvalue weighted by Gasteiger charge is 2.10. The normalized spacial score (nSPS) is 11.0. The highest BCUT2D eigenvalue weighted by Crippen LogP contribution is 2.14. The molecular weight excluding hydrogens is 282 g/mol. The predicted octanol–water partition coefficient (Wildman–Crippen LogP) is 1.03. The topological polar surface area (TPSA) is 95.8 Å². The van der Waals surface area contributed by atoms with Crippen LogP contribution in [0.4, 0.5) is 0 Å². The number of amides is 1. The Morgan fingerprint density at radius 1 is 1.41 bits per heavy atom. The summed E-state index contributed by atoms with van der Waals surface area (Å²) in [6.45, 7) is 2.17. The number of benzene rings is 1. The number of aliphatic hydroxyl groups is 1. The van der Waals surface area contributed by atoms with E-state index in [1.807, 2.05) is 20.0 Å². The van der Waals surface area contributed by atoms with E-state index in [9.17, 15) is 4.79 Å². The molecule has 3 N–H and O–H groups in total. The minimum absolute atomic E-state index is 0.157. The fourth-order valence-corrected chi connectivity index (χ4v) is 2.38. The number of aromatic nitrogens is 4. The van der Waals surface area contributed by atoms with Crippen LogP contribution in [0.15, 0.2) is 24.3 Å². The SMILES string of the molecule is Cc1cc(CNC(=O)c2ccc3nc(CO)[nH]c3c2)n(C)n1. The Labute approximate surface area is 127 Å². The van der Waals surface area contributed by atoms with E-state index in [0.717, 1.165) is 22.4 Å². The monoisotopic (exact) mass is 299 g/mol. The summed E-state index contributed by atoms with van der Waals surface area (Å²) in [6.07, 6.45) is 0. The summed E-state index contributed by atoms with van der Waals surface area (Å²) in [5, 5.41) is 16.2. The lowest BCUT2D eigenvalue weighted by Gasteiger charge is -2.05. The van der Waals surface area contributed by atoms with Gasteiger partial charge in [-0.05, 0) is 31.2 Å². The van der Waals surface area contributed by atoms with Crippen molar-refractivity contribution in [2.45, 2.75) is 20.1 Å². The number of imidazole rings is 1. The molecule has 1 amide bonds. The number of nitrogens with one attached hydrogen (secondary N) is 2. The summed E-state index contributed by atoms with van der Waals surface area (Å²) in [4.78, 5) is 19.4. The van der Waals surface area contributed by atoms with Crippen molar-refractivity contribution < 1.29 is 9.90 Å². The summed E-state index contributed by atoms with van der Waals surface area (Å²) in [5.74, 6) is 0.318. The van der Waals surface area contributed by atoms with Gasteiger partial charge < -0.3 is 15.4 Å². The van der Waals surface area contributed by atoms with Crippen LogP contribution >= 0.6 is 0 Å². The quantitative estimate of drug-likeness (QED) is 0.670. The highest BCUT2D eigenvalue weighted by molar-refractivity contribution is 5.97. The molecule has 0 saturated carbocycles. The van der Waals surface area contributed by atoms with E-state index in [0.29, 0.717) is 17.9 Å². The van der Waals surface area contributed by atoms with E-state index in [1.54, 1.807) is 22.9 Å². The number of H-pyrrole nitrogens is 1. The lowest BCUT2D eigenvalue weighted by molar-refractivity contribution is 0.0950. The van der Waals surface area contributed by atoms with Crippen molar-refractivity contribution in [1.82, 2.24) is 25.1 Å². The lowest BCUT2D eigenvalue weighted by Crippen LogP contribution is -2.24. The average Bonchev–Trinajstić information content (AvgIpc) is 3.06. The van der Waals surface area contributed by atoms with Gasteiger partial charge in [0, 0.05) is 12.6 Å². The molecule has 0 radical (unpaired) electrons. The third-order valence-electron chi connectivity index (χ3n) is 3.47. The van der Waals surface area contributed by atoms with E-state index in [4.69, 9.17) is 5.11 Å². The first-order valence-corrected chi connectivity index (χ1v) is 6.94. The fourth-order valence-electron chi connectivity index (χ4n) is 2.38. The van der Waals surface area contributed by atoms with Gasteiger partial charge in [-0.25, -0.2) is 4.98 Å². The molecule has 0 aliphatic rings. The maximum Gasteiger partial charge on any atom is 0.251 e. The van der Waals surface area contributed by atoms with Crippen LogP contribution in [0.2, 0.25) is 0 Å². The minimum atomic E-state index is -0.166. The van der Waals surface area contributed by atoms with Crippen LogP contribution in [0.5, 0.6) is 0 Å². The number of fused-ring (bicyclic) bond motifs is 1. The van der Waals surface area contributed by atoms with Crippen molar-refractivity contribution >= 4 is 16.9 Å². The molecule has 2 aromatic heterocycles. The number of aromatic amines is 1. The molecule has 0 atom stereocenters. The first-order chi connectivity index (χ1) is 10.6. The Bertz CT molecular complexity index is 834. The van der Waals surface area contributed by atoms with Crippen molar-refractivity contribution in [2.75, 3.05) is 0 Å². The van der Waals surface area contributed by atoms with Gasteiger partial charge in [0.2, 0.25) is 0 Å². The summed E-state index contributed by atoms with van der Waals surface area (Å²) in [6, 6.07) is 7.14. The molecule has 7 heteroatoms. The second kappa shape index (κ2) is 5.61. The number of carbonyl (C=O) groups is 1. The Hall–Kier alpha value is -2.67. The smallest absolute Gasteiger partial charge is 0.251 e. The van der Waals surface area contributed by atoms with Gasteiger partial charge in [0.1, 0.15) is 12.4 Å². The second-order valence-corrected chi connectivity index (χ2v) is 5.16. The van der Waals surface area contributed by atoms with Gasteiger partial charge in [0.25, 0.3) is 5.91 Å². The number of rotatable bonds is 4. The van der Waals surface area contributed by atoms with Gasteiger partial charge >= 0.3 is 0 Å². The van der Waals surface area contributed by atoms with Gasteiger partial charge in [-0.1, -0.05) is 0 Å². The van der Waals surface area contributed by atoms with E-state index in [2.05, 4.69) is 20.4 Å². The van der Waals surface area contributed by atoms with Gasteiger partial charge in [0.15, 0.2) is 0 Å².